The summed E-state index contributed by atoms with van der Waals surface area (Å²) in [6.45, 7) is 23.4. The SMILES string of the molecule is CC(C)(C)[Si](C)(C)O[C@@H](CCc1ccccc1)CC[C@@H]1[C@H]2CC(O)O[C@H]2C[C@H]1O[Si](C)(C)C(C)(C)C. The fraction of sp³-hybridized carbons (Fsp3) is 0.800. The van der Waals surface area contributed by atoms with E-state index in [4.69, 9.17) is 13.6 Å². The lowest BCUT2D eigenvalue weighted by atomic mass is 9.86. The van der Waals surface area contributed by atoms with Gasteiger partial charge in [0.15, 0.2) is 22.9 Å². The molecule has 2 fully saturated rings. The second-order valence-electron chi connectivity index (χ2n) is 14.4. The molecule has 1 aliphatic heterocycles. The molecule has 3 rings (SSSR count). The maximum atomic E-state index is 10.3. The molecule has 6 heteroatoms. The topological polar surface area (TPSA) is 47.9 Å². The summed E-state index contributed by atoms with van der Waals surface area (Å²) in [5.74, 6) is 0.806. The summed E-state index contributed by atoms with van der Waals surface area (Å²) in [4.78, 5) is 0. The smallest absolute Gasteiger partial charge is 0.192 e. The maximum absolute atomic E-state index is 10.3. The summed E-state index contributed by atoms with van der Waals surface area (Å²) in [5.41, 5.74) is 1.38. The Morgan fingerprint density at radius 3 is 2.11 bits per heavy atom. The average Bonchev–Trinajstić information content (AvgIpc) is 3.24. The van der Waals surface area contributed by atoms with Crippen molar-refractivity contribution in [2.24, 2.45) is 11.8 Å². The minimum atomic E-state index is -1.90. The number of ether oxygens (including phenoxy) is 1. The van der Waals surface area contributed by atoms with Gasteiger partial charge in [0.25, 0.3) is 0 Å². The normalized spacial score (nSPS) is 28.4. The Labute approximate surface area is 223 Å². The van der Waals surface area contributed by atoms with Gasteiger partial charge in [-0.15, -0.1) is 0 Å². The van der Waals surface area contributed by atoms with E-state index < -0.39 is 22.9 Å². The predicted molar refractivity (Wildman–Crippen MR) is 155 cm³/mol. The number of fused-ring (bicyclic) bond motifs is 1. The molecule has 6 atom stereocenters. The van der Waals surface area contributed by atoms with Gasteiger partial charge in [0, 0.05) is 12.5 Å². The number of aliphatic hydroxyl groups is 1. The van der Waals surface area contributed by atoms with Gasteiger partial charge in [0.05, 0.1) is 12.2 Å². The molecule has 0 amide bonds. The van der Waals surface area contributed by atoms with Crippen LogP contribution in [0, 0.1) is 11.8 Å². The molecule has 1 heterocycles. The van der Waals surface area contributed by atoms with Crippen molar-refractivity contribution in [3.05, 3.63) is 35.9 Å². The van der Waals surface area contributed by atoms with Crippen LogP contribution in [0.3, 0.4) is 0 Å². The molecule has 1 N–H and O–H groups in total. The molecule has 1 aliphatic carbocycles. The Kier molecular flexibility index (Phi) is 9.44. The van der Waals surface area contributed by atoms with Gasteiger partial charge in [-0.3, -0.25) is 0 Å². The lowest BCUT2D eigenvalue weighted by Crippen LogP contribution is -2.46. The molecular weight excluding hydrogens is 480 g/mol. The fourth-order valence-electron chi connectivity index (χ4n) is 5.40. The molecule has 2 aliphatic rings. The van der Waals surface area contributed by atoms with Gasteiger partial charge in [-0.2, -0.15) is 0 Å². The van der Waals surface area contributed by atoms with E-state index in [2.05, 4.69) is 98.1 Å². The maximum Gasteiger partial charge on any atom is 0.192 e. The molecule has 1 aromatic carbocycles. The van der Waals surface area contributed by atoms with Gasteiger partial charge < -0.3 is 18.7 Å². The zero-order valence-corrected chi connectivity index (χ0v) is 26.8. The standard InChI is InChI=1S/C30H54O4Si2/c1-29(2,3)35(7,8)33-23(17-16-22-14-12-11-13-15-22)18-19-24-25-20-28(31)32-26(25)21-27(24)34-36(9,10)30(4,5)6/h11-15,23-28,31H,16-21H2,1-10H3/t23-,24+,25+,26-,27+,28?/m0/s1. The molecular formula is C30H54O4Si2. The zero-order valence-electron chi connectivity index (χ0n) is 24.8. The first-order valence-electron chi connectivity index (χ1n) is 14.2. The summed E-state index contributed by atoms with van der Waals surface area (Å²) in [5, 5.41) is 10.6. The van der Waals surface area contributed by atoms with Gasteiger partial charge in [0.2, 0.25) is 0 Å². The van der Waals surface area contributed by atoms with Crippen molar-refractivity contribution in [3.63, 3.8) is 0 Å². The highest BCUT2D eigenvalue weighted by atomic mass is 28.4. The molecule has 0 aromatic heterocycles. The van der Waals surface area contributed by atoms with Crippen molar-refractivity contribution in [1.29, 1.82) is 0 Å². The Bertz CT molecular complexity index is 828. The first-order chi connectivity index (χ1) is 16.5. The van der Waals surface area contributed by atoms with E-state index in [1.54, 1.807) is 0 Å². The van der Waals surface area contributed by atoms with Gasteiger partial charge in [-0.1, -0.05) is 71.9 Å². The summed E-state index contributed by atoms with van der Waals surface area (Å²) in [6, 6.07) is 10.8. The summed E-state index contributed by atoms with van der Waals surface area (Å²) < 4.78 is 20.0. The minimum absolute atomic E-state index is 0.129. The Morgan fingerprint density at radius 1 is 0.917 bits per heavy atom. The van der Waals surface area contributed by atoms with Crippen LogP contribution in [0.5, 0.6) is 0 Å². The molecule has 1 unspecified atom stereocenters. The number of rotatable bonds is 10. The predicted octanol–water partition coefficient (Wildman–Crippen LogP) is 7.92. The first-order valence-corrected chi connectivity index (χ1v) is 20.0. The molecule has 36 heavy (non-hydrogen) atoms. The summed E-state index contributed by atoms with van der Waals surface area (Å²) in [7, 11) is -3.79. The second-order valence-corrected chi connectivity index (χ2v) is 24.0. The van der Waals surface area contributed by atoms with Crippen LogP contribution in [0.4, 0.5) is 0 Å². The molecule has 206 valence electrons. The largest absolute Gasteiger partial charge is 0.414 e. The van der Waals surface area contributed by atoms with Crippen molar-refractivity contribution >= 4 is 16.6 Å². The van der Waals surface area contributed by atoms with Crippen molar-refractivity contribution in [3.8, 4) is 0 Å². The van der Waals surface area contributed by atoms with E-state index in [9.17, 15) is 5.11 Å². The number of benzene rings is 1. The number of hydrogen-bond donors (Lipinski definition) is 1. The van der Waals surface area contributed by atoms with Crippen LogP contribution in [0.2, 0.25) is 36.3 Å². The highest BCUT2D eigenvalue weighted by molar-refractivity contribution is 6.74. The van der Waals surface area contributed by atoms with Crippen LogP contribution >= 0.6 is 0 Å². The highest BCUT2D eigenvalue weighted by Crippen LogP contribution is 2.49. The van der Waals surface area contributed by atoms with Crippen LogP contribution in [0.1, 0.15) is 79.2 Å². The minimum Gasteiger partial charge on any atom is -0.414 e. The third-order valence-corrected chi connectivity index (χ3v) is 18.8. The molecule has 0 spiro atoms. The van der Waals surface area contributed by atoms with Crippen molar-refractivity contribution in [1.82, 2.24) is 0 Å². The molecule has 0 radical (unpaired) electrons. The lowest BCUT2D eigenvalue weighted by Gasteiger charge is -2.41. The second kappa shape index (κ2) is 11.3. The van der Waals surface area contributed by atoms with Crippen molar-refractivity contribution < 1.29 is 18.7 Å². The van der Waals surface area contributed by atoms with Crippen molar-refractivity contribution in [2.45, 2.75) is 141 Å². The van der Waals surface area contributed by atoms with Gasteiger partial charge in [-0.05, 0) is 85.8 Å². The van der Waals surface area contributed by atoms with E-state index in [0.29, 0.717) is 11.8 Å². The van der Waals surface area contributed by atoms with Gasteiger partial charge >= 0.3 is 0 Å². The number of aryl methyl sites for hydroxylation is 1. The molecule has 1 aromatic rings. The van der Waals surface area contributed by atoms with Crippen LogP contribution < -0.4 is 0 Å². The van der Waals surface area contributed by atoms with E-state index in [-0.39, 0.29) is 28.4 Å². The zero-order chi connectivity index (χ0) is 26.9. The van der Waals surface area contributed by atoms with Crippen LogP contribution in [-0.4, -0.2) is 46.3 Å². The first kappa shape index (κ1) is 30.0. The fourth-order valence-corrected chi connectivity index (χ4v) is 8.20. The monoisotopic (exact) mass is 534 g/mol. The summed E-state index contributed by atoms with van der Waals surface area (Å²) >= 11 is 0. The van der Waals surface area contributed by atoms with E-state index in [1.807, 2.05) is 0 Å². The van der Waals surface area contributed by atoms with E-state index in [1.165, 1.54) is 5.56 Å². The van der Waals surface area contributed by atoms with Crippen molar-refractivity contribution in [2.75, 3.05) is 0 Å². The van der Waals surface area contributed by atoms with Crippen LogP contribution in [0.25, 0.3) is 0 Å². The van der Waals surface area contributed by atoms with E-state index in [0.717, 1.165) is 38.5 Å². The molecule has 1 saturated heterocycles. The summed E-state index contributed by atoms with van der Waals surface area (Å²) in [6.07, 6.45) is 5.83. The molecule has 1 saturated carbocycles. The average molecular weight is 535 g/mol. The molecule has 0 bridgehead atoms. The third kappa shape index (κ3) is 7.32. The highest BCUT2D eigenvalue weighted by Gasteiger charge is 2.52. The Hall–Kier alpha value is -0.506. The third-order valence-electron chi connectivity index (χ3n) is 9.71. The van der Waals surface area contributed by atoms with Crippen LogP contribution in [0.15, 0.2) is 30.3 Å². The van der Waals surface area contributed by atoms with E-state index >= 15 is 0 Å². The Morgan fingerprint density at radius 2 is 1.53 bits per heavy atom. The number of hydrogen-bond acceptors (Lipinski definition) is 4. The quantitative estimate of drug-likeness (QED) is 0.310. The Balaban J connectivity index is 1.75. The molecule has 4 nitrogen and oxygen atoms in total. The lowest BCUT2D eigenvalue weighted by molar-refractivity contribution is -0.0946. The van der Waals surface area contributed by atoms with Gasteiger partial charge in [-0.25, -0.2) is 0 Å². The number of aliphatic hydroxyl groups excluding tert-OH is 1. The van der Waals surface area contributed by atoms with Crippen LogP contribution in [-0.2, 0) is 20.0 Å². The van der Waals surface area contributed by atoms with Gasteiger partial charge in [0.1, 0.15) is 0 Å².